The Bertz CT molecular complexity index is 1290. The molecular weight excluding hydrogens is 502 g/mol. The number of carbonyl (C=O) groups excluding carboxylic acids is 3. The minimum Gasteiger partial charge on any atom is -0.438 e. The van der Waals surface area contributed by atoms with Crippen LogP contribution >= 0.6 is 11.6 Å². The van der Waals surface area contributed by atoms with Crippen molar-refractivity contribution in [2.75, 3.05) is 18.4 Å². The Morgan fingerprint density at radius 3 is 2.29 bits per heavy atom. The van der Waals surface area contributed by atoms with Crippen LogP contribution in [0, 0.1) is 0 Å². The van der Waals surface area contributed by atoms with Gasteiger partial charge >= 0.3 is 6.09 Å². The predicted octanol–water partition coefficient (Wildman–Crippen LogP) is 7.41. The van der Waals surface area contributed by atoms with Crippen molar-refractivity contribution in [1.29, 1.82) is 0 Å². The van der Waals surface area contributed by atoms with Crippen LogP contribution < -0.4 is 5.32 Å². The predicted molar refractivity (Wildman–Crippen MR) is 153 cm³/mol. The molecule has 204 valence electrons. The fourth-order valence-electron chi connectivity index (χ4n) is 5.16. The molecule has 0 atom stereocenters. The number of aromatic nitrogens is 1. The van der Waals surface area contributed by atoms with Gasteiger partial charge in [0.2, 0.25) is 5.91 Å². The molecule has 1 aliphatic heterocycles. The molecule has 1 N–H and O–H groups in total. The van der Waals surface area contributed by atoms with E-state index in [0.717, 1.165) is 47.8 Å². The molecule has 4 rings (SSSR count). The van der Waals surface area contributed by atoms with Crippen molar-refractivity contribution in [2.45, 2.75) is 72.4 Å². The number of ketones is 1. The summed E-state index contributed by atoms with van der Waals surface area (Å²) in [6.45, 7) is 11.2. The van der Waals surface area contributed by atoms with Crippen LogP contribution in [0.3, 0.4) is 0 Å². The molecule has 1 aromatic heterocycles. The van der Waals surface area contributed by atoms with E-state index >= 15 is 0 Å². The second-order valence-electron chi connectivity index (χ2n) is 9.51. The highest BCUT2D eigenvalue weighted by atomic mass is 35.5. The summed E-state index contributed by atoms with van der Waals surface area (Å²) in [4.78, 5) is 37.4. The molecule has 0 saturated heterocycles. The van der Waals surface area contributed by atoms with Crippen LogP contribution in [0.25, 0.3) is 10.9 Å². The molecule has 7 nitrogen and oxygen atoms in total. The maximum atomic E-state index is 12.3. The van der Waals surface area contributed by atoms with E-state index in [1.165, 1.54) is 6.92 Å². The summed E-state index contributed by atoms with van der Waals surface area (Å²) in [5.41, 5.74) is 3.01. The van der Waals surface area contributed by atoms with Gasteiger partial charge in [-0.3, -0.25) is 14.9 Å². The quantitative estimate of drug-likeness (QED) is 0.287. The zero-order valence-corrected chi connectivity index (χ0v) is 23.7. The first-order valence-corrected chi connectivity index (χ1v) is 13.7. The lowest BCUT2D eigenvalue weighted by molar-refractivity contribution is -0.131. The summed E-state index contributed by atoms with van der Waals surface area (Å²) in [7, 11) is 0. The third-order valence-electron chi connectivity index (χ3n) is 6.90. The maximum absolute atomic E-state index is 12.3. The molecule has 0 unspecified atom stereocenters. The summed E-state index contributed by atoms with van der Waals surface area (Å²) >= 11 is 6.04. The molecule has 38 heavy (non-hydrogen) atoms. The van der Waals surface area contributed by atoms with Crippen molar-refractivity contribution in [1.82, 2.24) is 9.47 Å². The molecule has 8 heteroatoms. The maximum Gasteiger partial charge on any atom is 0.412 e. The van der Waals surface area contributed by atoms with Crippen molar-refractivity contribution < 1.29 is 19.1 Å². The van der Waals surface area contributed by atoms with Gasteiger partial charge in [-0.1, -0.05) is 62.6 Å². The molecule has 0 radical (unpaired) electrons. The second-order valence-corrected chi connectivity index (χ2v) is 9.95. The van der Waals surface area contributed by atoms with Gasteiger partial charge < -0.3 is 14.2 Å². The Balaban J connectivity index is 0.000000215. The number of nitrogens with one attached hydrogen (secondary N) is 1. The van der Waals surface area contributed by atoms with E-state index in [4.69, 9.17) is 16.3 Å². The topological polar surface area (TPSA) is 80.6 Å². The lowest BCUT2D eigenvalue weighted by Gasteiger charge is -2.38. The van der Waals surface area contributed by atoms with Crippen molar-refractivity contribution >= 4 is 46.0 Å². The monoisotopic (exact) mass is 539 g/mol. The van der Waals surface area contributed by atoms with Gasteiger partial charge in [0.25, 0.3) is 0 Å². The largest absolute Gasteiger partial charge is 0.438 e. The van der Waals surface area contributed by atoms with Gasteiger partial charge in [-0.2, -0.15) is 0 Å². The summed E-state index contributed by atoms with van der Waals surface area (Å²) in [6, 6.07) is 13.3. The van der Waals surface area contributed by atoms with Gasteiger partial charge in [0.1, 0.15) is 12.1 Å². The van der Waals surface area contributed by atoms with E-state index in [0.29, 0.717) is 23.7 Å². The number of para-hydroxylation sites is 1. The summed E-state index contributed by atoms with van der Waals surface area (Å²) in [5, 5.41) is 4.19. The standard InChI is InChI=1S/C16H19ClN2O2.C14H19NO2/c1-4-18(5-2)16(21)10-19-9-14(11(3)20)13-7-6-12(17)8-15(13)19;1-3-9-14(10-4-2)11-7-5-6-8-12(11)15-13(16)17-14/h6-9H,4-5,10H2,1-3H3;5-8H,3-4,9-10H2,1-2H3,(H,15,16). The second kappa shape index (κ2) is 13.0. The van der Waals surface area contributed by atoms with E-state index in [1.807, 2.05) is 38.1 Å². The van der Waals surface area contributed by atoms with Crippen LogP contribution in [0.1, 0.15) is 76.2 Å². The van der Waals surface area contributed by atoms with Crippen LogP contribution in [0.15, 0.2) is 48.7 Å². The van der Waals surface area contributed by atoms with Crippen molar-refractivity contribution in [3.05, 3.63) is 64.8 Å². The third-order valence-corrected chi connectivity index (χ3v) is 7.13. The zero-order chi connectivity index (χ0) is 27.9. The number of fused-ring (bicyclic) bond motifs is 2. The number of halogens is 1. The van der Waals surface area contributed by atoms with Gasteiger partial charge in [-0.15, -0.1) is 0 Å². The first-order chi connectivity index (χ1) is 18.2. The van der Waals surface area contributed by atoms with E-state index in [-0.39, 0.29) is 24.3 Å². The Labute approximate surface area is 230 Å². The lowest BCUT2D eigenvalue weighted by atomic mass is 9.83. The highest BCUT2D eigenvalue weighted by Gasteiger charge is 2.40. The van der Waals surface area contributed by atoms with Crippen LogP contribution in [-0.4, -0.2) is 40.3 Å². The Kier molecular flexibility index (Phi) is 9.97. The molecule has 0 spiro atoms. The number of cyclic esters (lactones) is 1. The van der Waals surface area contributed by atoms with Gasteiger partial charge in [0.05, 0.1) is 11.2 Å². The van der Waals surface area contributed by atoms with Crippen LogP contribution in [0.4, 0.5) is 10.5 Å². The van der Waals surface area contributed by atoms with Crippen molar-refractivity contribution in [3.8, 4) is 0 Å². The molecule has 2 aromatic carbocycles. The molecule has 0 fully saturated rings. The van der Waals surface area contributed by atoms with E-state index in [1.54, 1.807) is 27.8 Å². The van der Waals surface area contributed by atoms with E-state index in [2.05, 4.69) is 25.2 Å². The average molecular weight is 540 g/mol. The van der Waals surface area contributed by atoms with E-state index in [9.17, 15) is 14.4 Å². The zero-order valence-electron chi connectivity index (χ0n) is 23.0. The highest BCUT2D eigenvalue weighted by molar-refractivity contribution is 6.31. The summed E-state index contributed by atoms with van der Waals surface area (Å²) in [6.07, 6.45) is 5.18. The third kappa shape index (κ3) is 6.38. The normalized spacial score (nSPS) is 13.6. The van der Waals surface area contributed by atoms with Gasteiger partial charge in [-0.05, 0) is 51.8 Å². The van der Waals surface area contributed by atoms with Crippen molar-refractivity contribution in [2.24, 2.45) is 0 Å². The Hall–Kier alpha value is -3.32. The number of amides is 2. The van der Waals surface area contributed by atoms with Gasteiger partial charge in [-0.25, -0.2) is 4.79 Å². The van der Waals surface area contributed by atoms with Crippen LogP contribution in [-0.2, 0) is 21.7 Å². The molecule has 0 saturated carbocycles. The Morgan fingerprint density at radius 2 is 1.68 bits per heavy atom. The number of hydrogen-bond donors (Lipinski definition) is 1. The molecule has 0 aliphatic carbocycles. The lowest BCUT2D eigenvalue weighted by Crippen LogP contribution is -2.39. The van der Waals surface area contributed by atoms with E-state index < -0.39 is 5.60 Å². The van der Waals surface area contributed by atoms with Crippen LogP contribution in [0.5, 0.6) is 0 Å². The number of likely N-dealkylation sites (N-methyl/N-ethyl adjacent to an activating group) is 1. The average Bonchev–Trinajstić information content (AvgIpc) is 3.23. The molecule has 0 bridgehead atoms. The number of carbonyl (C=O) groups is 3. The number of anilines is 1. The smallest absolute Gasteiger partial charge is 0.412 e. The first-order valence-electron chi connectivity index (χ1n) is 13.4. The number of nitrogens with zero attached hydrogens (tertiary/aromatic N) is 2. The van der Waals surface area contributed by atoms with Crippen LogP contribution in [0.2, 0.25) is 5.02 Å². The first kappa shape index (κ1) is 29.2. The van der Waals surface area contributed by atoms with Gasteiger partial charge in [0, 0.05) is 40.8 Å². The number of hydrogen-bond acceptors (Lipinski definition) is 4. The molecular formula is C30H38ClN3O4. The van der Waals surface area contributed by atoms with Crippen molar-refractivity contribution in [3.63, 3.8) is 0 Å². The molecule has 3 aromatic rings. The summed E-state index contributed by atoms with van der Waals surface area (Å²) in [5.74, 6) is 0.0170. The minimum absolute atomic E-state index is 0.0173. The Morgan fingerprint density at radius 1 is 1.03 bits per heavy atom. The number of rotatable bonds is 9. The van der Waals surface area contributed by atoms with Gasteiger partial charge in [0.15, 0.2) is 5.78 Å². The molecule has 1 aliphatic rings. The fourth-order valence-corrected chi connectivity index (χ4v) is 5.33. The molecule has 2 heterocycles. The minimum atomic E-state index is -0.428. The SMILES string of the molecule is CCCC1(CCC)OC(=O)Nc2ccccc21.CCN(CC)C(=O)Cn1cc(C(C)=O)c2ccc(Cl)cc21. The highest BCUT2D eigenvalue weighted by Crippen LogP contribution is 2.42. The number of ether oxygens (including phenoxy) is 1. The fraction of sp³-hybridized carbons (Fsp3) is 0.433. The number of benzene rings is 2. The molecule has 2 amide bonds. The number of Topliss-reactive ketones (excluding diaryl/α,β-unsaturated/α-hetero) is 1. The summed E-state index contributed by atoms with van der Waals surface area (Å²) < 4.78 is 7.44.